The fourth-order valence-corrected chi connectivity index (χ4v) is 5.92. The first-order valence-electron chi connectivity index (χ1n) is 17.2. The third-order valence-electron chi connectivity index (χ3n) is 8.71. The lowest BCUT2D eigenvalue weighted by atomic mass is 10.1. The van der Waals surface area contributed by atoms with Crippen molar-refractivity contribution in [1.29, 1.82) is 0 Å². The maximum Gasteiger partial charge on any atom is 0.416 e. The number of ether oxygens (including phenoxy) is 1. The van der Waals surface area contributed by atoms with Crippen LogP contribution in [-0.2, 0) is 22.3 Å². The van der Waals surface area contributed by atoms with Gasteiger partial charge in [0.1, 0.15) is 5.78 Å². The highest BCUT2D eigenvalue weighted by Gasteiger charge is 2.30. The Balaban J connectivity index is 1.28. The van der Waals surface area contributed by atoms with E-state index >= 15 is 0 Å². The van der Waals surface area contributed by atoms with Crippen LogP contribution in [0.4, 0.5) is 30.4 Å². The second-order valence-electron chi connectivity index (χ2n) is 12.8. The average Bonchev–Trinajstić information content (AvgIpc) is 3.61. The van der Waals surface area contributed by atoms with E-state index in [0.29, 0.717) is 43.9 Å². The molecule has 5 rings (SSSR count). The summed E-state index contributed by atoms with van der Waals surface area (Å²) in [4.78, 5) is 43.8. The lowest BCUT2D eigenvalue weighted by molar-refractivity contribution is -0.137. The molecule has 1 aliphatic heterocycles. The molecule has 3 aromatic carbocycles. The van der Waals surface area contributed by atoms with Crippen molar-refractivity contribution in [2.45, 2.75) is 38.4 Å². The highest BCUT2D eigenvalue weighted by molar-refractivity contribution is 6.12. The lowest BCUT2D eigenvalue weighted by Crippen LogP contribution is -2.29. The zero-order chi connectivity index (χ0) is 37.1. The van der Waals surface area contributed by atoms with E-state index in [1.54, 1.807) is 37.4 Å². The number of rotatable bonds is 16. The number of benzene rings is 3. The SMILES string of the molecule is COCCNCC(=O)CCN(C)Cc1cccc(C(=O)Nc2ccc(N3CCCCC3)cc2C(=O)Nc2ccn(-c3cccc(C(F)(F)F)c3)n2)c1. The van der Waals surface area contributed by atoms with Crippen molar-refractivity contribution in [1.82, 2.24) is 20.0 Å². The number of piperidine rings is 1. The van der Waals surface area contributed by atoms with Gasteiger partial charge >= 0.3 is 6.18 Å². The maximum absolute atomic E-state index is 13.8. The largest absolute Gasteiger partial charge is 0.416 e. The first-order chi connectivity index (χ1) is 25.0. The highest BCUT2D eigenvalue weighted by Crippen LogP contribution is 2.31. The summed E-state index contributed by atoms with van der Waals surface area (Å²) < 4.78 is 46.1. The molecule has 3 N–H and O–H groups in total. The molecule has 0 atom stereocenters. The Morgan fingerprint density at radius 2 is 1.69 bits per heavy atom. The fraction of sp³-hybridized carbons (Fsp3) is 0.368. The van der Waals surface area contributed by atoms with Crippen molar-refractivity contribution < 1.29 is 32.3 Å². The number of alkyl halides is 3. The van der Waals surface area contributed by atoms with Crippen molar-refractivity contribution in [2.75, 3.05) is 69.0 Å². The first-order valence-corrected chi connectivity index (χ1v) is 17.2. The van der Waals surface area contributed by atoms with Crippen molar-refractivity contribution in [3.63, 3.8) is 0 Å². The summed E-state index contributed by atoms with van der Waals surface area (Å²) in [5, 5.41) is 13.0. The van der Waals surface area contributed by atoms with E-state index in [-0.39, 0.29) is 29.4 Å². The molecule has 14 heteroatoms. The molecule has 0 saturated carbocycles. The summed E-state index contributed by atoms with van der Waals surface area (Å²) in [5.74, 6) is -0.715. The molecule has 0 spiro atoms. The number of hydrogen-bond acceptors (Lipinski definition) is 8. The minimum atomic E-state index is -4.51. The van der Waals surface area contributed by atoms with Crippen LogP contribution in [0.15, 0.2) is 79.0 Å². The molecule has 2 amide bonds. The quantitative estimate of drug-likeness (QED) is 0.121. The van der Waals surface area contributed by atoms with Crippen LogP contribution in [0.3, 0.4) is 0 Å². The summed E-state index contributed by atoms with van der Waals surface area (Å²) in [6, 6.07) is 18.7. The van der Waals surface area contributed by atoms with Crippen LogP contribution >= 0.6 is 0 Å². The van der Waals surface area contributed by atoms with Crippen LogP contribution in [0.25, 0.3) is 5.69 Å². The van der Waals surface area contributed by atoms with Gasteiger partial charge in [-0.1, -0.05) is 18.2 Å². The van der Waals surface area contributed by atoms with Gasteiger partial charge in [0.2, 0.25) is 0 Å². The molecule has 0 aliphatic carbocycles. The highest BCUT2D eigenvalue weighted by atomic mass is 19.4. The molecule has 0 unspecified atom stereocenters. The van der Waals surface area contributed by atoms with Gasteiger partial charge in [0, 0.05) is 69.8 Å². The molecule has 2 heterocycles. The van der Waals surface area contributed by atoms with Gasteiger partial charge in [-0.2, -0.15) is 18.3 Å². The topological polar surface area (TPSA) is 121 Å². The Bertz CT molecular complexity index is 1840. The van der Waals surface area contributed by atoms with E-state index in [2.05, 4.69) is 25.9 Å². The second-order valence-corrected chi connectivity index (χ2v) is 12.8. The van der Waals surface area contributed by atoms with Gasteiger partial charge in [-0.15, -0.1) is 0 Å². The summed E-state index contributed by atoms with van der Waals surface area (Å²) in [6.45, 7) is 4.20. The van der Waals surface area contributed by atoms with Gasteiger partial charge in [-0.3, -0.25) is 14.4 Å². The van der Waals surface area contributed by atoms with E-state index in [9.17, 15) is 27.6 Å². The van der Waals surface area contributed by atoms with Crippen LogP contribution in [0, 0.1) is 0 Å². The molecule has 276 valence electrons. The van der Waals surface area contributed by atoms with Crippen LogP contribution in [-0.4, -0.2) is 85.8 Å². The number of halogens is 3. The molecule has 0 radical (unpaired) electrons. The molecule has 1 saturated heterocycles. The number of anilines is 3. The van der Waals surface area contributed by atoms with Crippen LogP contribution in [0.5, 0.6) is 0 Å². The van der Waals surface area contributed by atoms with E-state index in [1.165, 1.54) is 29.1 Å². The maximum atomic E-state index is 13.8. The van der Waals surface area contributed by atoms with Crippen LogP contribution < -0.4 is 20.9 Å². The van der Waals surface area contributed by atoms with Crippen LogP contribution in [0.1, 0.15) is 57.5 Å². The van der Waals surface area contributed by atoms with Gasteiger partial charge in [0.15, 0.2) is 5.82 Å². The molecule has 0 bridgehead atoms. The van der Waals surface area contributed by atoms with E-state index < -0.39 is 23.6 Å². The van der Waals surface area contributed by atoms with Crippen molar-refractivity contribution >= 4 is 34.8 Å². The normalized spacial score (nSPS) is 13.3. The number of nitrogens with one attached hydrogen (secondary N) is 3. The molecular weight excluding hydrogens is 675 g/mol. The van der Waals surface area contributed by atoms with Gasteiger partial charge < -0.3 is 30.5 Å². The van der Waals surface area contributed by atoms with E-state index in [0.717, 1.165) is 55.7 Å². The van der Waals surface area contributed by atoms with E-state index in [1.807, 2.05) is 24.1 Å². The Morgan fingerprint density at radius 3 is 2.46 bits per heavy atom. The number of aromatic nitrogens is 2. The number of amides is 2. The number of Topliss-reactive ketones (excluding diaryl/α,β-unsaturated/α-hetero) is 1. The third kappa shape index (κ3) is 10.7. The Kier molecular flexibility index (Phi) is 13.2. The minimum absolute atomic E-state index is 0.103. The summed E-state index contributed by atoms with van der Waals surface area (Å²) in [7, 11) is 3.52. The number of methoxy groups -OCH3 is 1. The molecule has 1 fully saturated rings. The van der Waals surface area contributed by atoms with E-state index in [4.69, 9.17) is 4.74 Å². The molecule has 1 aromatic heterocycles. The lowest BCUT2D eigenvalue weighted by Gasteiger charge is -2.29. The van der Waals surface area contributed by atoms with Crippen molar-refractivity contribution in [3.8, 4) is 5.69 Å². The molecule has 52 heavy (non-hydrogen) atoms. The summed E-state index contributed by atoms with van der Waals surface area (Å²) in [5.41, 5.74) is 2.00. The van der Waals surface area contributed by atoms with Gasteiger partial charge in [-0.05, 0) is 80.4 Å². The predicted molar refractivity (Wildman–Crippen MR) is 194 cm³/mol. The summed E-state index contributed by atoms with van der Waals surface area (Å²) in [6.07, 6.45) is 0.526. The Morgan fingerprint density at radius 1 is 0.904 bits per heavy atom. The molecule has 4 aromatic rings. The number of nitrogens with zero attached hydrogens (tertiary/aromatic N) is 4. The monoisotopic (exact) mass is 719 g/mol. The average molecular weight is 720 g/mol. The third-order valence-corrected chi connectivity index (χ3v) is 8.71. The predicted octanol–water partition coefficient (Wildman–Crippen LogP) is 6.01. The molecule has 1 aliphatic rings. The number of ketones is 1. The first kappa shape index (κ1) is 38.2. The fourth-order valence-electron chi connectivity index (χ4n) is 5.92. The Labute approximate surface area is 301 Å². The standard InChI is InChI=1S/C38H44F3N7O4/c1-46(19-14-32(49)25-42-16-21-52-2)26-27-8-6-9-28(22-27)36(50)43-34-13-12-30(47-17-4-3-5-18-47)24-33(34)37(51)44-35-15-20-48(45-35)31-11-7-10-29(23-31)38(39,40)41/h6-13,15,20,22-24,42H,3-5,14,16-19,21,25-26H2,1-2H3,(H,43,50)(H,44,45,51). The number of hydrogen-bond donors (Lipinski definition) is 3. The minimum Gasteiger partial charge on any atom is -0.383 e. The van der Waals surface area contributed by atoms with Gasteiger partial charge in [0.25, 0.3) is 11.8 Å². The Hall–Kier alpha value is -5.05. The van der Waals surface area contributed by atoms with Crippen LogP contribution in [0.2, 0.25) is 0 Å². The number of carbonyl (C=O) groups excluding carboxylic acids is 3. The smallest absolute Gasteiger partial charge is 0.383 e. The second kappa shape index (κ2) is 17.9. The zero-order valence-electron chi connectivity index (χ0n) is 29.3. The number of carbonyl (C=O) groups is 3. The summed E-state index contributed by atoms with van der Waals surface area (Å²) >= 11 is 0. The zero-order valence-corrected chi connectivity index (χ0v) is 29.3. The van der Waals surface area contributed by atoms with Crippen molar-refractivity contribution in [2.24, 2.45) is 0 Å². The molecule has 11 nitrogen and oxygen atoms in total. The van der Waals surface area contributed by atoms with Gasteiger partial charge in [0.05, 0.1) is 35.7 Å². The molecular formula is C38H44F3N7O4. The van der Waals surface area contributed by atoms with Gasteiger partial charge in [-0.25, -0.2) is 4.68 Å². The van der Waals surface area contributed by atoms with Crippen molar-refractivity contribution in [3.05, 3.63) is 101 Å².